The van der Waals surface area contributed by atoms with Gasteiger partial charge in [0.2, 0.25) is 0 Å². The first-order valence-corrected chi connectivity index (χ1v) is 7.77. The highest BCUT2D eigenvalue weighted by Crippen LogP contribution is 2.18. The molecule has 24 heavy (non-hydrogen) atoms. The molecule has 2 N–H and O–H groups in total. The van der Waals surface area contributed by atoms with Crippen LogP contribution in [0, 0.1) is 13.8 Å². The molecule has 0 unspecified atom stereocenters. The van der Waals surface area contributed by atoms with Crippen LogP contribution in [-0.2, 0) is 4.74 Å². The predicted octanol–water partition coefficient (Wildman–Crippen LogP) is 2.93. The summed E-state index contributed by atoms with van der Waals surface area (Å²) in [6, 6.07) is 12.6. The monoisotopic (exact) mass is 326 g/mol. The average molecular weight is 326 g/mol. The van der Waals surface area contributed by atoms with Crippen LogP contribution in [0.25, 0.3) is 0 Å². The molecule has 2 rings (SSSR count). The summed E-state index contributed by atoms with van der Waals surface area (Å²) in [5.74, 6) is -0.479. The first-order chi connectivity index (χ1) is 11.5. The fourth-order valence-corrected chi connectivity index (χ4v) is 2.41. The number of para-hydroxylation sites is 1. The van der Waals surface area contributed by atoms with E-state index in [1.165, 1.54) is 0 Å². The standard InChI is InChI=1S/C19H22N2O3/c1-13-8-9-15(14(2)12-13)19(23)21-17-7-5-4-6-16(17)18(22)20-10-11-24-3/h4-9,12H,10-11H2,1-3H3,(H,20,22)(H,21,23). The van der Waals surface area contributed by atoms with Crippen molar-refractivity contribution >= 4 is 17.5 Å². The molecule has 2 aromatic carbocycles. The van der Waals surface area contributed by atoms with Gasteiger partial charge in [-0.05, 0) is 37.6 Å². The number of hydrogen-bond donors (Lipinski definition) is 2. The lowest BCUT2D eigenvalue weighted by Gasteiger charge is -2.12. The van der Waals surface area contributed by atoms with E-state index >= 15 is 0 Å². The molecule has 2 aromatic rings. The molecule has 0 aromatic heterocycles. The van der Waals surface area contributed by atoms with E-state index in [4.69, 9.17) is 4.74 Å². The number of aryl methyl sites for hydroxylation is 2. The Labute approximate surface area is 142 Å². The van der Waals surface area contributed by atoms with Crippen LogP contribution in [0.5, 0.6) is 0 Å². The van der Waals surface area contributed by atoms with Gasteiger partial charge in [0.15, 0.2) is 0 Å². The van der Waals surface area contributed by atoms with Crippen LogP contribution < -0.4 is 10.6 Å². The number of methoxy groups -OCH3 is 1. The quantitative estimate of drug-likeness (QED) is 0.802. The lowest BCUT2D eigenvalue weighted by molar-refractivity contribution is 0.0938. The van der Waals surface area contributed by atoms with Crippen molar-refractivity contribution in [1.29, 1.82) is 0 Å². The maximum atomic E-state index is 12.5. The molecule has 126 valence electrons. The lowest BCUT2D eigenvalue weighted by atomic mass is 10.0. The van der Waals surface area contributed by atoms with E-state index in [1.807, 2.05) is 26.0 Å². The molecule has 0 saturated heterocycles. The van der Waals surface area contributed by atoms with Gasteiger partial charge in [-0.1, -0.05) is 29.8 Å². The van der Waals surface area contributed by atoms with Crippen molar-refractivity contribution in [3.05, 3.63) is 64.7 Å². The second-order valence-corrected chi connectivity index (χ2v) is 5.57. The van der Waals surface area contributed by atoms with E-state index in [9.17, 15) is 9.59 Å². The Hall–Kier alpha value is -2.66. The van der Waals surface area contributed by atoms with Crippen LogP contribution in [0.2, 0.25) is 0 Å². The fraction of sp³-hybridized carbons (Fsp3) is 0.263. The van der Waals surface area contributed by atoms with E-state index in [0.717, 1.165) is 11.1 Å². The molecule has 2 amide bonds. The summed E-state index contributed by atoms with van der Waals surface area (Å²) < 4.78 is 4.92. The van der Waals surface area contributed by atoms with E-state index < -0.39 is 0 Å². The van der Waals surface area contributed by atoms with Gasteiger partial charge in [-0.25, -0.2) is 0 Å². The largest absolute Gasteiger partial charge is 0.383 e. The Kier molecular flexibility index (Phi) is 6.09. The smallest absolute Gasteiger partial charge is 0.255 e. The van der Waals surface area contributed by atoms with Crippen molar-refractivity contribution in [2.24, 2.45) is 0 Å². The highest BCUT2D eigenvalue weighted by atomic mass is 16.5. The van der Waals surface area contributed by atoms with Crippen LogP contribution in [-0.4, -0.2) is 32.1 Å². The third-order valence-electron chi connectivity index (χ3n) is 3.64. The molecule has 0 spiro atoms. The summed E-state index contributed by atoms with van der Waals surface area (Å²) in [4.78, 5) is 24.8. The number of hydrogen-bond acceptors (Lipinski definition) is 3. The first kappa shape index (κ1) is 17.7. The zero-order valence-electron chi connectivity index (χ0n) is 14.2. The van der Waals surface area contributed by atoms with Gasteiger partial charge in [0.25, 0.3) is 11.8 Å². The third kappa shape index (κ3) is 4.43. The number of rotatable bonds is 6. The van der Waals surface area contributed by atoms with Gasteiger partial charge in [0.05, 0.1) is 17.9 Å². The molecule has 5 nitrogen and oxygen atoms in total. The molecule has 0 aliphatic heterocycles. The molecule has 0 aliphatic carbocycles. The molecular weight excluding hydrogens is 304 g/mol. The fourth-order valence-electron chi connectivity index (χ4n) is 2.41. The number of ether oxygens (including phenoxy) is 1. The summed E-state index contributed by atoms with van der Waals surface area (Å²) in [5.41, 5.74) is 3.50. The number of benzene rings is 2. The van der Waals surface area contributed by atoms with Crippen LogP contribution in [0.4, 0.5) is 5.69 Å². The van der Waals surface area contributed by atoms with Gasteiger partial charge in [-0.3, -0.25) is 9.59 Å². The minimum atomic E-state index is -0.247. The van der Waals surface area contributed by atoms with Crippen LogP contribution in [0.3, 0.4) is 0 Å². The summed E-state index contributed by atoms with van der Waals surface area (Å²) in [6.07, 6.45) is 0. The molecule has 0 bridgehead atoms. The molecular formula is C19H22N2O3. The zero-order valence-corrected chi connectivity index (χ0v) is 14.2. The van der Waals surface area contributed by atoms with Crippen molar-refractivity contribution in [3.63, 3.8) is 0 Å². The van der Waals surface area contributed by atoms with Crippen molar-refractivity contribution < 1.29 is 14.3 Å². The number of amides is 2. The van der Waals surface area contributed by atoms with Crippen molar-refractivity contribution in [2.45, 2.75) is 13.8 Å². The average Bonchev–Trinajstić information content (AvgIpc) is 2.55. The molecule has 0 heterocycles. The van der Waals surface area contributed by atoms with Gasteiger partial charge >= 0.3 is 0 Å². The Morgan fingerprint density at radius 3 is 2.46 bits per heavy atom. The van der Waals surface area contributed by atoms with Crippen molar-refractivity contribution in [2.75, 3.05) is 25.6 Å². The van der Waals surface area contributed by atoms with Gasteiger partial charge in [0, 0.05) is 19.2 Å². The summed E-state index contributed by atoms with van der Waals surface area (Å²) in [6.45, 7) is 4.72. The lowest BCUT2D eigenvalue weighted by Crippen LogP contribution is -2.28. The third-order valence-corrected chi connectivity index (χ3v) is 3.64. The van der Waals surface area contributed by atoms with Crippen LogP contribution >= 0.6 is 0 Å². The number of nitrogens with one attached hydrogen (secondary N) is 2. The Morgan fingerprint density at radius 1 is 1.00 bits per heavy atom. The molecule has 0 radical (unpaired) electrons. The minimum absolute atomic E-state index is 0.232. The SMILES string of the molecule is COCCNC(=O)c1ccccc1NC(=O)c1ccc(C)cc1C. The summed E-state index contributed by atoms with van der Waals surface area (Å²) >= 11 is 0. The maximum absolute atomic E-state index is 12.5. The van der Waals surface area contributed by atoms with E-state index in [1.54, 1.807) is 37.4 Å². The van der Waals surface area contributed by atoms with Gasteiger partial charge in [0.1, 0.15) is 0 Å². The molecule has 0 atom stereocenters. The van der Waals surface area contributed by atoms with Crippen LogP contribution in [0.1, 0.15) is 31.8 Å². The Balaban J connectivity index is 2.17. The predicted molar refractivity (Wildman–Crippen MR) is 94.5 cm³/mol. The van der Waals surface area contributed by atoms with Crippen molar-refractivity contribution in [3.8, 4) is 0 Å². The Bertz CT molecular complexity index is 741. The molecule has 0 saturated carbocycles. The minimum Gasteiger partial charge on any atom is -0.383 e. The second-order valence-electron chi connectivity index (χ2n) is 5.57. The molecule has 5 heteroatoms. The molecule has 0 aliphatic rings. The zero-order chi connectivity index (χ0) is 17.5. The van der Waals surface area contributed by atoms with Crippen LogP contribution in [0.15, 0.2) is 42.5 Å². The van der Waals surface area contributed by atoms with Gasteiger partial charge < -0.3 is 15.4 Å². The number of carbonyl (C=O) groups excluding carboxylic acids is 2. The maximum Gasteiger partial charge on any atom is 0.255 e. The highest BCUT2D eigenvalue weighted by Gasteiger charge is 2.15. The van der Waals surface area contributed by atoms with E-state index in [2.05, 4.69) is 10.6 Å². The summed E-state index contributed by atoms with van der Waals surface area (Å²) in [5, 5.41) is 5.58. The Morgan fingerprint density at radius 2 is 1.75 bits per heavy atom. The van der Waals surface area contributed by atoms with Gasteiger partial charge in [-0.15, -0.1) is 0 Å². The van der Waals surface area contributed by atoms with Gasteiger partial charge in [-0.2, -0.15) is 0 Å². The normalized spacial score (nSPS) is 10.3. The van der Waals surface area contributed by atoms with E-state index in [-0.39, 0.29) is 11.8 Å². The summed E-state index contributed by atoms with van der Waals surface area (Å²) in [7, 11) is 1.57. The highest BCUT2D eigenvalue weighted by molar-refractivity contribution is 6.09. The van der Waals surface area contributed by atoms with Crippen molar-refractivity contribution in [1.82, 2.24) is 5.32 Å². The van der Waals surface area contributed by atoms with E-state index in [0.29, 0.717) is 30.0 Å². The number of carbonyl (C=O) groups is 2. The number of anilines is 1. The topological polar surface area (TPSA) is 67.4 Å². The second kappa shape index (κ2) is 8.26. The molecule has 0 fully saturated rings. The first-order valence-electron chi connectivity index (χ1n) is 7.77.